The van der Waals surface area contributed by atoms with Crippen LogP contribution in [0.2, 0.25) is 0 Å². The summed E-state index contributed by atoms with van der Waals surface area (Å²) < 4.78 is 1.89. The standard InChI is InChI=1S/C16H21N5O/c1-10-8-18-13(9-17-10)16(22)21-7-5-6-14(21)15-11(2)19-20(4)12(15)3/h8-9,14H,5-7H2,1-4H3/t14-/m0/s1. The molecule has 1 aliphatic heterocycles. The fourth-order valence-corrected chi connectivity index (χ4v) is 3.23. The zero-order chi connectivity index (χ0) is 15.9. The summed E-state index contributed by atoms with van der Waals surface area (Å²) in [7, 11) is 1.94. The summed E-state index contributed by atoms with van der Waals surface area (Å²) in [6.45, 7) is 6.69. The second-order valence-corrected chi connectivity index (χ2v) is 5.91. The number of likely N-dealkylation sites (tertiary alicyclic amines) is 1. The van der Waals surface area contributed by atoms with Gasteiger partial charge in [-0.3, -0.25) is 14.5 Å². The van der Waals surface area contributed by atoms with Gasteiger partial charge in [0.25, 0.3) is 5.91 Å². The summed E-state index contributed by atoms with van der Waals surface area (Å²) in [4.78, 5) is 23.1. The van der Waals surface area contributed by atoms with Gasteiger partial charge in [0.05, 0.1) is 23.6 Å². The first-order valence-electron chi connectivity index (χ1n) is 7.58. The summed E-state index contributed by atoms with van der Waals surface area (Å²) in [5, 5.41) is 4.48. The van der Waals surface area contributed by atoms with Crippen molar-refractivity contribution in [2.45, 2.75) is 39.7 Å². The number of carbonyl (C=O) groups excluding carboxylic acids is 1. The lowest BCUT2D eigenvalue weighted by atomic mass is 10.0. The van der Waals surface area contributed by atoms with E-state index in [1.165, 1.54) is 5.56 Å². The molecule has 0 aromatic carbocycles. The van der Waals surface area contributed by atoms with Crippen molar-refractivity contribution in [2.75, 3.05) is 6.54 Å². The predicted octanol–water partition coefficient (Wildman–Crippen LogP) is 2.11. The average Bonchev–Trinajstić information content (AvgIpc) is 3.04. The zero-order valence-corrected chi connectivity index (χ0v) is 13.5. The molecule has 2 aromatic rings. The molecule has 22 heavy (non-hydrogen) atoms. The summed E-state index contributed by atoms with van der Waals surface area (Å²) >= 11 is 0. The molecule has 6 nitrogen and oxygen atoms in total. The van der Waals surface area contributed by atoms with E-state index in [1.807, 2.05) is 30.5 Å². The Hall–Kier alpha value is -2.24. The Bertz CT molecular complexity index is 704. The highest BCUT2D eigenvalue weighted by atomic mass is 16.2. The number of hydrogen-bond acceptors (Lipinski definition) is 4. The maximum Gasteiger partial charge on any atom is 0.274 e. The molecule has 0 N–H and O–H groups in total. The molecule has 3 heterocycles. The van der Waals surface area contributed by atoms with Gasteiger partial charge in [-0.1, -0.05) is 0 Å². The van der Waals surface area contributed by atoms with E-state index in [0.717, 1.165) is 36.5 Å². The van der Waals surface area contributed by atoms with E-state index >= 15 is 0 Å². The topological polar surface area (TPSA) is 63.9 Å². The van der Waals surface area contributed by atoms with Crippen molar-refractivity contribution in [3.8, 4) is 0 Å². The van der Waals surface area contributed by atoms with Crippen LogP contribution in [0.25, 0.3) is 0 Å². The van der Waals surface area contributed by atoms with Crippen LogP contribution in [-0.2, 0) is 7.05 Å². The molecule has 1 aliphatic rings. The van der Waals surface area contributed by atoms with Crippen LogP contribution < -0.4 is 0 Å². The molecule has 0 radical (unpaired) electrons. The van der Waals surface area contributed by atoms with E-state index in [1.54, 1.807) is 12.4 Å². The molecule has 2 aromatic heterocycles. The molecular formula is C16H21N5O. The van der Waals surface area contributed by atoms with Gasteiger partial charge in [0, 0.05) is 31.0 Å². The lowest BCUT2D eigenvalue weighted by Gasteiger charge is -2.25. The van der Waals surface area contributed by atoms with Gasteiger partial charge in [0.15, 0.2) is 0 Å². The first kappa shape index (κ1) is 14.7. The number of carbonyl (C=O) groups is 1. The number of rotatable bonds is 2. The van der Waals surface area contributed by atoms with Crippen LogP contribution in [0.15, 0.2) is 12.4 Å². The molecular weight excluding hydrogens is 278 g/mol. The first-order valence-corrected chi connectivity index (χ1v) is 7.58. The number of nitrogens with zero attached hydrogens (tertiary/aromatic N) is 5. The van der Waals surface area contributed by atoms with Crippen molar-refractivity contribution in [3.63, 3.8) is 0 Å². The van der Waals surface area contributed by atoms with Crippen LogP contribution in [0.4, 0.5) is 0 Å². The van der Waals surface area contributed by atoms with E-state index in [-0.39, 0.29) is 11.9 Å². The molecule has 1 fully saturated rings. The van der Waals surface area contributed by atoms with E-state index in [9.17, 15) is 4.79 Å². The molecule has 1 amide bonds. The Morgan fingerprint density at radius 2 is 2.00 bits per heavy atom. The second kappa shape index (κ2) is 5.51. The van der Waals surface area contributed by atoms with Gasteiger partial charge in [0.1, 0.15) is 5.69 Å². The average molecular weight is 299 g/mol. The van der Waals surface area contributed by atoms with Gasteiger partial charge in [-0.2, -0.15) is 5.10 Å². The third kappa shape index (κ3) is 2.38. The Balaban J connectivity index is 1.93. The van der Waals surface area contributed by atoms with E-state index in [0.29, 0.717) is 5.69 Å². The molecule has 1 atom stereocenters. The van der Waals surface area contributed by atoms with Crippen molar-refractivity contribution in [2.24, 2.45) is 7.05 Å². The van der Waals surface area contributed by atoms with Gasteiger partial charge in [-0.25, -0.2) is 4.98 Å². The van der Waals surface area contributed by atoms with Gasteiger partial charge in [-0.15, -0.1) is 0 Å². The van der Waals surface area contributed by atoms with Gasteiger partial charge in [0.2, 0.25) is 0 Å². The van der Waals surface area contributed by atoms with Crippen LogP contribution in [0.3, 0.4) is 0 Å². The molecule has 0 saturated carbocycles. The summed E-state index contributed by atoms with van der Waals surface area (Å²) in [5.41, 5.74) is 4.52. The third-order valence-electron chi connectivity index (χ3n) is 4.41. The number of aryl methyl sites for hydroxylation is 3. The van der Waals surface area contributed by atoms with Crippen molar-refractivity contribution in [1.82, 2.24) is 24.6 Å². The van der Waals surface area contributed by atoms with Crippen LogP contribution in [0.1, 0.15) is 52.0 Å². The number of amides is 1. The molecule has 1 saturated heterocycles. The van der Waals surface area contributed by atoms with Gasteiger partial charge < -0.3 is 4.90 Å². The van der Waals surface area contributed by atoms with Crippen LogP contribution in [0.5, 0.6) is 0 Å². The molecule has 116 valence electrons. The minimum Gasteiger partial charge on any atom is -0.330 e. The number of hydrogen-bond donors (Lipinski definition) is 0. The smallest absolute Gasteiger partial charge is 0.274 e. The fraction of sp³-hybridized carbons (Fsp3) is 0.500. The van der Waals surface area contributed by atoms with Crippen molar-refractivity contribution < 1.29 is 4.79 Å². The van der Waals surface area contributed by atoms with E-state index in [4.69, 9.17) is 0 Å². The zero-order valence-electron chi connectivity index (χ0n) is 13.5. The summed E-state index contributed by atoms with van der Waals surface area (Å²) in [6, 6.07) is 0.0873. The normalized spacial score (nSPS) is 18.0. The highest BCUT2D eigenvalue weighted by molar-refractivity contribution is 5.92. The minimum absolute atomic E-state index is 0.0438. The Morgan fingerprint density at radius 3 is 2.59 bits per heavy atom. The molecule has 0 spiro atoms. The Kier molecular flexibility index (Phi) is 3.68. The Morgan fingerprint density at radius 1 is 1.23 bits per heavy atom. The monoisotopic (exact) mass is 299 g/mol. The van der Waals surface area contributed by atoms with Crippen molar-refractivity contribution >= 4 is 5.91 Å². The second-order valence-electron chi connectivity index (χ2n) is 5.91. The lowest BCUT2D eigenvalue weighted by molar-refractivity contribution is 0.0728. The molecule has 0 aliphatic carbocycles. The number of aromatic nitrogens is 4. The molecule has 0 bridgehead atoms. The summed E-state index contributed by atoms with van der Waals surface area (Å²) in [6.07, 6.45) is 5.18. The lowest BCUT2D eigenvalue weighted by Crippen LogP contribution is -2.31. The van der Waals surface area contributed by atoms with Crippen LogP contribution in [-0.4, -0.2) is 37.1 Å². The first-order chi connectivity index (χ1) is 10.5. The van der Waals surface area contributed by atoms with Crippen LogP contribution >= 0.6 is 0 Å². The molecule has 6 heteroatoms. The highest BCUT2D eigenvalue weighted by Gasteiger charge is 2.34. The largest absolute Gasteiger partial charge is 0.330 e. The minimum atomic E-state index is -0.0438. The van der Waals surface area contributed by atoms with E-state index in [2.05, 4.69) is 22.0 Å². The van der Waals surface area contributed by atoms with Crippen molar-refractivity contribution in [1.29, 1.82) is 0 Å². The fourth-order valence-electron chi connectivity index (χ4n) is 3.23. The molecule has 0 unspecified atom stereocenters. The van der Waals surface area contributed by atoms with E-state index < -0.39 is 0 Å². The maximum absolute atomic E-state index is 12.8. The maximum atomic E-state index is 12.8. The van der Waals surface area contributed by atoms with Crippen molar-refractivity contribution in [3.05, 3.63) is 40.7 Å². The third-order valence-corrected chi connectivity index (χ3v) is 4.41. The Labute approximate surface area is 130 Å². The van der Waals surface area contributed by atoms with Crippen LogP contribution in [0, 0.1) is 20.8 Å². The highest BCUT2D eigenvalue weighted by Crippen LogP contribution is 2.36. The predicted molar refractivity (Wildman–Crippen MR) is 82.5 cm³/mol. The quantitative estimate of drug-likeness (QED) is 0.852. The SMILES string of the molecule is Cc1cnc(C(=O)N2CCC[C@H]2c2c(C)nn(C)c2C)cn1. The van der Waals surface area contributed by atoms with Gasteiger partial charge in [-0.05, 0) is 33.6 Å². The van der Waals surface area contributed by atoms with Gasteiger partial charge >= 0.3 is 0 Å². The molecule has 3 rings (SSSR count). The summed E-state index contributed by atoms with van der Waals surface area (Å²) in [5.74, 6) is -0.0438.